The van der Waals surface area contributed by atoms with Gasteiger partial charge in [-0.25, -0.2) is 4.79 Å². The van der Waals surface area contributed by atoms with Gasteiger partial charge in [-0.3, -0.25) is 4.79 Å². The second-order valence-electron chi connectivity index (χ2n) is 5.51. The average molecular weight is 371 g/mol. The van der Waals surface area contributed by atoms with Gasteiger partial charge in [0, 0.05) is 17.5 Å². The number of rotatable bonds is 6. The lowest BCUT2D eigenvalue weighted by molar-refractivity contribution is -0.129. The molecule has 0 saturated carbocycles. The molecular weight excluding hydrogens is 356 g/mol. The zero-order valence-electron chi connectivity index (χ0n) is 13.8. The molecule has 0 fully saturated rings. The van der Waals surface area contributed by atoms with Crippen LogP contribution in [0.5, 0.6) is 0 Å². The number of hydrogen-bond donors (Lipinski definition) is 1. The molecule has 0 spiro atoms. The van der Waals surface area contributed by atoms with Crippen LogP contribution in [0.4, 0.5) is 0 Å². The third-order valence-corrected chi connectivity index (χ3v) is 4.46. The first-order chi connectivity index (χ1) is 12.6. The molecule has 26 heavy (non-hydrogen) atoms. The standard InChI is InChI=1S/C19H15ClN2O4/c1-26-21-17(19(24)25)13-7-3-2-6-12(13)10-22-16-9-5-4-8-14(16)15(11-23)18(22)20/h2-9,11H,10H2,1H3,(H,24,25). The van der Waals surface area contributed by atoms with E-state index in [0.29, 0.717) is 21.8 Å². The molecule has 0 bridgehead atoms. The first kappa shape index (κ1) is 17.7. The molecule has 0 aliphatic heterocycles. The monoisotopic (exact) mass is 370 g/mol. The molecule has 0 aliphatic carbocycles. The number of fused-ring (bicyclic) bond motifs is 1. The van der Waals surface area contributed by atoms with Crippen molar-refractivity contribution in [2.75, 3.05) is 7.11 Å². The highest BCUT2D eigenvalue weighted by Gasteiger charge is 2.20. The summed E-state index contributed by atoms with van der Waals surface area (Å²) < 4.78 is 1.77. The molecule has 3 aromatic rings. The van der Waals surface area contributed by atoms with Gasteiger partial charge in [-0.05, 0) is 11.6 Å². The van der Waals surface area contributed by atoms with Gasteiger partial charge in [0.25, 0.3) is 0 Å². The van der Waals surface area contributed by atoms with Crippen LogP contribution in [0.1, 0.15) is 21.5 Å². The minimum atomic E-state index is -1.20. The summed E-state index contributed by atoms with van der Waals surface area (Å²) in [6.07, 6.45) is 0.724. The van der Waals surface area contributed by atoms with Crippen molar-refractivity contribution in [2.24, 2.45) is 5.16 Å². The zero-order valence-corrected chi connectivity index (χ0v) is 14.6. The van der Waals surface area contributed by atoms with Gasteiger partial charge in [0.15, 0.2) is 12.0 Å². The summed E-state index contributed by atoms with van der Waals surface area (Å²) in [5.41, 5.74) is 2.10. The van der Waals surface area contributed by atoms with Crippen LogP contribution in [0, 0.1) is 0 Å². The lowest BCUT2D eigenvalue weighted by Crippen LogP contribution is -2.18. The summed E-state index contributed by atoms with van der Waals surface area (Å²) in [4.78, 5) is 27.6. The summed E-state index contributed by atoms with van der Waals surface area (Å²) in [5, 5.41) is 14.1. The number of carboxylic acids is 1. The summed E-state index contributed by atoms with van der Waals surface area (Å²) in [6.45, 7) is 0.277. The Balaban J connectivity index is 2.16. The van der Waals surface area contributed by atoms with E-state index in [1.807, 2.05) is 24.3 Å². The minimum Gasteiger partial charge on any atom is -0.476 e. The van der Waals surface area contributed by atoms with Crippen molar-refractivity contribution in [1.29, 1.82) is 0 Å². The van der Waals surface area contributed by atoms with Crippen molar-refractivity contribution in [2.45, 2.75) is 6.54 Å². The quantitative estimate of drug-likeness (QED) is 0.408. The van der Waals surface area contributed by atoms with Gasteiger partial charge < -0.3 is 14.5 Å². The predicted octanol–water partition coefficient (Wildman–Crippen LogP) is 3.59. The van der Waals surface area contributed by atoms with E-state index in [-0.39, 0.29) is 12.3 Å². The van der Waals surface area contributed by atoms with E-state index >= 15 is 0 Å². The predicted molar refractivity (Wildman–Crippen MR) is 99.1 cm³/mol. The molecule has 0 radical (unpaired) electrons. The van der Waals surface area contributed by atoms with Gasteiger partial charge >= 0.3 is 5.97 Å². The van der Waals surface area contributed by atoms with Crippen LogP contribution in [0.25, 0.3) is 10.9 Å². The molecule has 2 aromatic carbocycles. The third kappa shape index (κ3) is 3.07. The van der Waals surface area contributed by atoms with Crippen molar-refractivity contribution >= 4 is 40.5 Å². The number of nitrogens with zero attached hydrogens (tertiary/aromatic N) is 2. The molecule has 7 heteroatoms. The lowest BCUT2D eigenvalue weighted by Gasteiger charge is -2.12. The summed E-state index contributed by atoms with van der Waals surface area (Å²) in [5.74, 6) is -1.20. The Labute approximate surface area is 154 Å². The van der Waals surface area contributed by atoms with E-state index in [1.54, 1.807) is 28.8 Å². The Kier molecular flexibility index (Phi) is 5.04. The molecule has 1 N–H and O–H groups in total. The van der Waals surface area contributed by atoms with Crippen molar-refractivity contribution < 1.29 is 19.5 Å². The Bertz CT molecular complexity index is 1020. The van der Waals surface area contributed by atoms with Gasteiger partial charge in [-0.2, -0.15) is 0 Å². The second kappa shape index (κ2) is 7.41. The number of carbonyl (C=O) groups excluding carboxylic acids is 1. The van der Waals surface area contributed by atoms with Gasteiger partial charge in [0.2, 0.25) is 0 Å². The third-order valence-electron chi connectivity index (χ3n) is 4.05. The van der Waals surface area contributed by atoms with Crippen LogP contribution < -0.4 is 0 Å². The van der Waals surface area contributed by atoms with Crippen LogP contribution in [0.2, 0.25) is 5.15 Å². The Morgan fingerprint density at radius 1 is 1.23 bits per heavy atom. The summed E-state index contributed by atoms with van der Waals surface area (Å²) in [7, 11) is 1.29. The molecule has 132 valence electrons. The zero-order chi connectivity index (χ0) is 18.7. The highest BCUT2D eigenvalue weighted by atomic mass is 35.5. The fourth-order valence-electron chi connectivity index (χ4n) is 2.92. The first-order valence-electron chi connectivity index (χ1n) is 7.73. The number of aliphatic carboxylic acids is 1. The molecular formula is C19H15ClN2O4. The Hall–Kier alpha value is -3.12. The molecule has 0 saturated heterocycles. The van der Waals surface area contributed by atoms with Crippen LogP contribution in [0.3, 0.4) is 0 Å². The number of oxime groups is 1. The maximum atomic E-state index is 11.5. The van der Waals surface area contributed by atoms with Gasteiger partial charge in [0.05, 0.1) is 11.1 Å². The van der Waals surface area contributed by atoms with Crippen molar-refractivity contribution in [3.05, 3.63) is 70.4 Å². The van der Waals surface area contributed by atoms with Gasteiger partial charge in [-0.15, -0.1) is 0 Å². The molecule has 0 amide bonds. The smallest absolute Gasteiger partial charge is 0.358 e. The normalized spacial score (nSPS) is 11.5. The number of aromatic nitrogens is 1. The maximum absolute atomic E-state index is 11.5. The summed E-state index contributed by atoms with van der Waals surface area (Å²) in [6, 6.07) is 14.3. The highest BCUT2D eigenvalue weighted by Crippen LogP contribution is 2.30. The van der Waals surface area contributed by atoms with Crippen molar-refractivity contribution in [1.82, 2.24) is 4.57 Å². The van der Waals surface area contributed by atoms with Crippen molar-refractivity contribution in [3.63, 3.8) is 0 Å². The van der Waals surface area contributed by atoms with E-state index in [2.05, 4.69) is 9.99 Å². The number of carbonyl (C=O) groups is 2. The number of benzene rings is 2. The van der Waals surface area contributed by atoms with E-state index in [9.17, 15) is 14.7 Å². The number of para-hydroxylation sites is 1. The summed E-state index contributed by atoms with van der Waals surface area (Å²) >= 11 is 6.42. The number of carboxylic acid groups (broad SMARTS) is 1. The van der Waals surface area contributed by atoms with E-state index < -0.39 is 5.97 Å². The Morgan fingerprint density at radius 2 is 1.92 bits per heavy atom. The van der Waals surface area contributed by atoms with Crippen LogP contribution in [0.15, 0.2) is 53.7 Å². The first-order valence-corrected chi connectivity index (χ1v) is 8.11. The maximum Gasteiger partial charge on any atom is 0.358 e. The fraction of sp³-hybridized carbons (Fsp3) is 0.105. The number of hydrogen-bond acceptors (Lipinski definition) is 4. The lowest BCUT2D eigenvalue weighted by atomic mass is 10.0. The largest absolute Gasteiger partial charge is 0.476 e. The second-order valence-corrected chi connectivity index (χ2v) is 5.87. The van der Waals surface area contributed by atoms with Crippen molar-refractivity contribution in [3.8, 4) is 0 Å². The van der Waals surface area contributed by atoms with Crippen LogP contribution in [-0.4, -0.2) is 34.8 Å². The molecule has 1 heterocycles. The number of halogens is 1. The minimum absolute atomic E-state index is 0.203. The van der Waals surface area contributed by atoms with E-state index in [0.717, 1.165) is 17.2 Å². The molecule has 1 aromatic heterocycles. The molecule has 0 unspecified atom stereocenters. The topological polar surface area (TPSA) is 80.9 Å². The molecule has 0 atom stereocenters. The Morgan fingerprint density at radius 3 is 2.62 bits per heavy atom. The van der Waals surface area contributed by atoms with Gasteiger partial charge in [0.1, 0.15) is 12.3 Å². The van der Waals surface area contributed by atoms with Gasteiger partial charge in [-0.1, -0.05) is 59.2 Å². The van der Waals surface area contributed by atoms with E-state index in [1.165, 1.54) is 7.11 Å². The molecule has 0 aliphatic rings. The number of aldehydes is 1. The van der Waals surface area contributed by atoms with Crippen LogP contribution in [-0.2, 0) is 16.2 Å². The molecule has 6 nitrogen and oxygen atoms in total. The SMILES string of the molecule is CON=C(C(=O)O)c1ccccc1Cn1c(Cl)c(C=O)c2ccccc21. The van der Waals surface area contributed by atoms with Crippen LogP contribution >= 0.6 is 11.6 Å². The molecule has 3 rings (SSSR count). The average Bonchev–Trinajstić information content (AvgIpc) is 2.91. The highest BCUT2D eigenvalue weighted by molar-refractivity contribution is 6.42. The van der Waals surface area contributed by atoms with E-state index in [4.69, 9.17) is 11.6 Å². The fourth-order valence-corrected chi connectivity index (χ4v) is 3.22.